The van der Waals surface area contributed by atoms with Gasteiger partial charge in [0, 0.05) is 11.6 Å². The molecule has 0 spiro atoms. The van der Waals surface area contributed by atoms with Crippen molar-refractivity contribution in [1.82, 2.24) is 15.5 Å². The molecule has 4 rings (SSSR count). The lowest BCUT2D eigenvalue weighted by Crippen LogP contribution is -2.61. The van der Waals surface area contributed by atoms with Gasteiger partial charge in [-0.05, 0) is 56.2 Å². The zero-order valence-corrected chi connectivity index (χ0v) is 18.1. The summed E-state index contributed by atoms with van der Waals surface area (Å²) in [5, 5.41) is 10.9. The predicted octanol–water partition coefficient (Wildman–Crippen LogP) is 4.80. The first-order valence-electron chi connectivity index (χ1n) is 9.80. The summed E-state index contributed by atoms with van der Waals surface area (Å²) in [4.78, 5) is 12.3. The minimum atomic E-state index is -0.617. The first-order chi connectivity index (χ1) is 15.1. The fraction of sp³-hybridized carbons (Fsp3) is 0.318. The van der Waals surface area contributed by atoms with E-state index in [1.807, 2.05) is 13.8 Å². The van der Waals surface area contributed by atoms with E-state index in [9.17, 15) is 13.6 Å². The van der Waals surface area contributed by atoms with Crippen LogP contribution >= 0.6 is 11.6 Å². The van der Waals surface area contributed by atoms with Crippen LogP contribution in [0.1, 0.15) is 32.6 Å². The molecule has 10 heteroatoms. The Morgan fingerprint density at radius 3 is 2.50 bits per heavy atom. The Labute approximate surface area is 187 Å². The third-order valence-electron chi connectivity index (χ3n) is 5.20. The second kappa shape index (κ2) is 8.38. The molecule has 1 heterocycles. The van der Waals surface area contributed by atoms with Crippen molar-refractivity contribution in [2.75, 3.05) is 6.61 Å². The minimum Gasteiger partial charge on any atom is -0.484 e. The van der Waals surface area contributed by atoms with Gasteiger partial charge in [0.25, 0.3) is 5.91 Å². The first-order valence-corrected chi connectivity index (χ1v) is 10.2. The summed E-state index contributed by atoms with van der Waals surface area (Å²) in [5.41, 5.74) is -0.938. The Hall–Kier alpha value is -3.20. The predicted molar refractivity (Wildman–Crippen MR) is 111 cm³/mol. The van der Waals surface area contributed by atoms with Gasteiger partial charge in [0.15, 0.2) is 6.61 Å². The molecule has 0 saturated heterocycles. The van der Waals surface area contributed by atoms with Crippen LogP contribution in [0.5, 0.6) is 17.6 Å². The standard InChI is InChI=1S/C22H20ClF2N3O4/c1-21(19-27-28-20(32-19)31-14-5-3-13(24)4-6-14)11-22(2,12-21)26-18(29)10-30-15-7-8-16(23)17(25)9-15/h3-9H,10-12H2,1-2H3,(H,26,29). The quantitative estimate of drug-likeness (QED) is 0.541. The van der Waals surface area contributed by atoms with E-state index >= 15 is 0 Å². The number of amides is 1. The average Bonchev–Trinajstić information content (AvgIpc) is 3.18. The Kier molecular flexibility index (Phi) is 5.77. The molecule has 168 valence electrons. The van der Waals surface area contributed by atoms with Crippen LogP contribution in [0.15, 0.2) is 46.9 Å². The van der Waals surface area contributed by atoms with Crippen molar-refractivity contribution in [2.45, 2.75) is 37.6 Å². The van der Waals surface area contributed by atoms with Crippen LogP contribution in [-0.2, 0) is 10.2 Å². The number of carbonyl (C=O) groups is 1. The highest BCUT2D eigenvalue weighted by atomic mass is 35.5. The molecule has 1 fully saturated rings. The van der Waals surface area contributed by atoms with Crippen LogP contribution in [0.4, 0.5) is 8.78 Å². The molecule has 3 aromatic rings. The van der Waals surface area contributed by atoms with Crippen LogP contribution in [0, 0.1) is 11.6 Å². The zero-order chi connectivity index (χ0) is 22.9. The Balaban J connectivity index is 1.30. The van der Waals surface area contributed by atoms with Crippen LogP contribution in [0.25, 0.3) is 0 Å². The number of halogens is 3. The molecule has 1 amide bonds. The summed E-state index contributed by atoms with van der Waals surface area (Å²) in [5.74, 6) is -0.362. The highest BCUT2D eigenvalue weighted by Crippen LogP contribution is 2.49. The smallest absolute Gasteiger partial charge is 0.420 e. The fourth-order valence-electron chi connectivity index (χ4n) is 4.10. The molecule has 0 unspecified atom stereocenters. The molecule has 1 saturated carbocycles. The lowest BCUT2D eigenvalue weighted by Gasteiger charge is -2.51. The fourth-order valence-corrected chi connectivity index (χ4v) is 4.21. The van der Waals surface area contributed by atoms with E-state index in [2.05, 4.69) is 15.5 Å². The molecule has 1 aliphatic rings. The minimum absolute atomic E-state index is 0.0182. The van der Waals surface area contributed by atoms with Crippen molar-refractivity contribution in [1.29, 1.82) is 0 Å². The SMILES string of the molecule is CC1(NC(=O)COc2ccc(Cl)c(F)c2)CC(C)(c2nnc(Oc3ccc(F)cc3)o2)C1. The van der Waals surface area contributed by atoms with E-state index in [1.54, 1.807) is 0 Å². The molecule has 1 N–H and O–H groups in total. The molecule has 0 bridgehead atoms. The maximum Gasteiger partial charge on any atom is 0.420 e. The second-order valence-corrected chi connectivity index (χ2v) is 8.72. The van der Waals surface area contributed by atoms with E-state index in [0.29, 0.717) is 24.5 Å². The Morgan fingerprint density at radius 1 is 1.12 bits per heavy atom. The average molecular weight is 464 g/mol. The van der Waals surface area contributed by atoms with Crippen molar-refractivity contribution < 1.29 is 27.5 Å². The number of benzene rings is 2. The van der Waals surface area contributed by atoms with Crippen molar-refractivity contribution in [2.24, 2.45) is 0 Å². The van der Waals surface area contributed by atoms with Gasteiger partial charge in [-0.15, -0.1) is 5.10 Å². The molecular weight excluding hydrogens is 444 g/mol. The van der Waals surface area contributed by atoms with Crippen LogP contribution in [0.3, 0.4) is 0 Å². The van der Waals surface area contributed by atoms with E-state index in [-0.39, 0.29) is 35.2 Å². The number of nitrogens with one attached hydrogen (secondary N) is 1. The summed E-state index contributed by atoms with van der Waals surface area (Å²) in [6, 6.07) is 9.42. The monoisotopic (exact) mass is 463 g/mol. The molecule has 7 nitrogen and oxygen atoms in total. The van der Waals surface area contributed by atoms with E-state index in [4.69, 9.17) is 25.5 Å². The number of nitrogens with zero attached hydrogens (tertiary/aromatic N) is 2. The lowest BCUT2D eigenvalue weighted by atomic mass is 9.59. The van der Waals surface area contributed by atoms with E-state index in [1.165, 1.54) is 36.4 Å². The number of carbonyl (C=O) groups excluding carboxylic acids is 1. The summed E-state index contributed by atoms with van der Waals surface area (Å²) in [7, 11) is 0. The number of rotatable bonds is 7. The van der Waals surface area contributed by atoms with Gasteiger partial charge < -0.3 is 19.2 Å². The molecule has 1 aliphatic carbocycles. The molecule has 0 aliphatic heterocycles. The lowest BCUT2D eigenvalue weighted by molar-refractivity contribution is -0.127. The number of hydrogen-bond donors (Lipinski definition) is 1. The number of aromatic nitrogens is 2. The van der Waals surface area contributed by atoms with Gasteiger partial charge in [-0.3, -0.25) is 4.79 Å². The molecule has 1 aromatic heterocycles. The maximum absolute atomic E-state index is 13.5. The molecule has 32 heavy (non-hydrogen) atoms. The summed E-state index contributed by atoms with van der Waals surface area (Å²) < 4.78 is 42.9. The first kappa shape index (κ1) is 22.0. The van der Waals surface area contributed by atoms with Gasteiger partial charge in [-0.25, -0.2) is 8.78 Å². The molecule has 0 radical (unpaired) electrons. The topological polar surface area (TPSA) is 86.5 Å². The third kappa shape index (κ3) is 4.83. The maximum atomic E-state index is 13.5. The summed E-state index contributed by atoms with van der Waals surface area (Å²) in [6.45, 7) is 3.59. The highest BCUT2D eigenvalue weighted by Gasteiger charge is 2.53. The van der Waals surface area contributed by atoms with Crippen molar-refractivity contribution in [3.63, 3.8) is 0 Å². The van der Waals surface area contributed by atoms with Crippen molar-refractivity contribution in [3.8, 4) is 17.6 Å². The summed E-state index contributed by atoms with van der Waals surface area (Å²) >= 11 is 5.63. The van der Waals surface area contributed by atoms with Gasteiger partial charge in [0.05, 0.1) is 10.4 Å². The third-order valence-corrected chi connectivity index (χ3v) is 5.51. The summed E-state index contributed by atoms with van der Waals surface area (Å²) in [6.07, 6.45) is 1.06. The number of hydrogen-bond acceptors (Lipinski definition) is 6. The molecule has 2 aromatic carbocycles. The Bertz CT molecular complexity index is 1130. The van der Waals surface area contributed by atoms with Crippen molar-refractivity contribution in [3.05, 3.63) is 65.0 Å². The normalized spacial score (nSPS) is 22.2. The van der Waals surface area contributed by atoms with Gasteiger partial charge in [-0.2, -0.15) is 0 Å². The van der Waals surface area contributed by atoms with Crippen LogP contribution < -0.4 is 14.8 Å². The molecular formula is C22H20ClF2N3O4. The van der Waals surface area contributed by atoms with Gasteiger partial charge in [0.1, 0.15) is 23.1 Å². The second-order valence-electron chi connectivity index (χ2n) is 8.32. The highest BCUT2D eigenvalue weighted by molar-refractivity contribution is 6.30. The molecule has 0 atom stereocenters. The van der Waals surface area contributed by atoms with Gasteiger partial charge >= 0.3 is 6.08 Å². The largest absolute Gasteiger partial charge is 0.484 e. The van der Waals surface area contributed by atoms with Crippen molar-refractivity contribution >= 4 is 17.5 Å². The van der Waals surface area contributed by atoms with Crippen LogP contribution in [0.2, 0.25) is 5.02 Å². The van der Waals surface area contributed by atoms with E-state index < -0.39 is 16.8 Å². The van der Waals surface area contributed by atoms with Crippen LogP contribution in [-0.4, -0.2) is 28.3 Å². The Morgan fingerprint density at radius 2 is 1.81 bits per heavy atom. The van der Waals surface area contributed by atoms with Gasteiger partial charge in [0.2, 0.25) is 5.89 Å². The van der Waals surface area contributed by atoms with E-state index in [0.717, 1.165) is 6.07 Å². The zero-order valence-electron chi connectivity index (χ0n) is 17.3. The number of ether oxygens (including phenoxy) is 2. The van der Waals surface area contributed by atoms with Gasteiger partial charge in [-0.1, -0.05) is 23.6 Å².